The van der Waals surface area contributed by atoms with E-state index < -0.39 is 29.7 Å². The third kappa shape index (κ3) is 4.87. The number of hydrogen-bond acceptors (Lipinski definition) is 4. The second-order valence-corrected chi connectivity index (χ2v) is 4.46. The number of carboxylic acid groups (broad SMARTS) is 1. The first-order valence-corrected chi connectivity index (χ1v) is 6.21. The highest BCUT2D eigenvalue weighted by Crippen LogP contribution is 2.10. The summed E-state index contributed by atoms with van der Waals surface area (Å²) in [6.45, 7) is 1.67. The van der Waals surface area contributed by atoms with Crippen LogP contribution >= 0.6 is 0 Å². The molecule has 1 atom stereocenters. The van der Waals surface area contributed by atoms with Crippen molar-refractivity contribution in [3.05, 3.63) is 35.1 Å². The molecule has 0 bridgehead atoms. The molecule has 0 saturated carbocycles. The normalized spacial score (nSPS) is 11.6. The highest BCUT2D eigenvalue weighted by molar-refractivity contribution is 5.96. The van der Waals surface area contributed by atoms with Crippen LogP contribution in [0.3, 0.4) is 0 Å². The highest BCUT2D eigenvalue weighted by Gasteiger charge is 2.23. The van der Waals surface area contributed by atoms with Crippen LogP contribution in [-0.2, 0) is 14.3 Å². The van der Waals surface area contributed by atoms with Crippen LogP contribution in [0.4, 0.5) is 4.39 Å². The van der Waals surface area contributed by atoms with Gasteiger partial charge in [-0.05, 0) is 31.0 Å². The van der Waals surface area contributed by atoms with Crippen molar-refractivity contribution in [1.82, 2.24) is 5.32 Å². The molecule has 0 fully saturated rings. The van der Waals surface area contributed by atoms with Gasteiger partial charge in [-0.3, -0.25) is 9.59 Å². The Morgan fingerprint density at radius 1 is 1.38 bits per heavy atom. The van der Waals surface area contributed by atoms with Crippen molar-refractivity contribution < 1.29 is 28.6 Å². The lowest BCUT2D eigenvalue weighted by atomic mass is 10.1. The van der Waals surface area contributed by atoms with E-state index in [1.54, 1.807) is 13.0 Å². The van der Waals surface area contributed by atoms with Gasteiger partial charge < -0.3 is 15.2 Å². The first-order valence-electron chi connectivity index (χ1n) is 6.21. The van der Waals surface area contributed by atoms with Crippen molar-refractivity contribution in [3.63, 3.8) is 0 Å². The Bertz CT molecular complexity index is 558. The summed E-state index contributed by atoms with van der Waals surface area (Å²) in [5.41, 5.74) is 0.398. The summed E-state index contributed by atoms with van der Waals surface area (Å²) < 4.78 is 18.0. The maximum atomic E-state index is 13.6. The minimum atomic E-state index is -1.31. The highest BCUT2D eigenvalue weighted by atomic mass is 19.1. The SMILES string of the molecule is COC(=O)CCC(NC(=O)c1ccc(C)cc1F)C(=O)O. The third-order valence-corrected chi connectivity index (χ3v) is 2.84. The maximum absolute atomic E-state index is 13.6. The van der Waals surface area contributed by atoms with Crippen LogP contribution in [-0.4, -0.2) is 36.1 Å². The molecular formula is C14H16FNO5. The lowest BCUT2D eigenvalue weighted by Crippen LogP contribution is -2.41. The average Bonchev–Trinajstić information content (AvgIpc) is 2.42. The standard InChI is InChI=1S/C14H16FNO5/c1-8-3-4-9(10(15)7-8)13(18)16-11(14(19)20)5-6-12(17)21-2/h3-4,7,11H,5-6H2,1-2H3,(H,16,18)(H,19,20). The van der Waals surface area contributed by atoms with Crippen LogP contribution in [0.5, 0.6) is 0 Å². The van der Waals surface area contributed by atoms with Gasteiger partial charge in [-0.1, -0.05) is 6.07 Å². The molecule has 0 aliphatic heterocycles. The van der Waals surface area contributed by atoms with Gasteiger partial charge >= 0.3 is 11.9 Å². The molecule has 0 aliphatic rings. The van der Waals surface area contributed by atoms with E-state index in [0.29, 0.717) is 5.56 Å². The Labute approximate surface area is 120 Å². The topological polar surface area (TPSA) is 92.7 Å². The molecule has 1 rings (SSSR count). The molecule has 2 N–H and O–H groups in total. The van der Waals surface area contributed by atoms with Gasteiger partial charge in [0.15, 0.2) is 0 Å². The first kappa shape index (κ1) is 16.6. The number of nitrogens with one attached hydrogen (secondary N) is 1. The largest absolute Gasteiger partial charge is 0.480 e. The van der Waals surface area contributed by atoms with Gasteiger partial charge in [0, 0.05) is 6.42 Å². The molecule has 1 amide bonds. The van der Waals surface area contributed by atoms with Gasteiger partial charge in [-0.2, -0.15) is 0 Å². The fourth-order valence-electron chi connectivity index (χ4n) is 1.66. The smallest absolute Gasteiger partial charge is 0.326 e. The Balaban J connectivity index is 2.76. The third-order valence-electron chi connectivity index (χ3n) is 2.84. The van der Waals surface area contributed by atoms with E-state index in [9.17, 15) is 18.8 Å². The van der Waals surface area contributed by atoms with E-state index >= 15 is 0 Å². The zero-order valence-electron chi connectivity index (χ0n) is 11.7. The van der Waals surface area contributed by atoms with Crippen LogP contribution in [0.1, 0.15) is 28.8 Å². The van der Waals surface area contributed by atoms with Crippen molar-refractivity contribution in [2.45, 2.75) is 25.8 Å². The van der Waals surface area contributed by atoms with E-state index in [1.165, 1.54) is 19.2 Å². The number of halogens is 1. The van der Waals surface area contributed by atoms with Gasteiger partial charge in [0.05, 0.1) is 12.7 Å². The zero-order valence-corrected chi connectivity index (χ0v) is 11.7. The first-order chi connectivity index (χ1) is 9.85. The molecule has 0 radical (unpaired) electrons. The molecule has 1 aromatic rings. The summed E-state index contributed by atoms with van der Waals surface area (Å²) in [6, 6.07) is 2.71. The Hall–Kier alpha value is -2.44. The van der Waals surface area contributed by atoms with Gasteiger partial charge in [0.1, 0.15) is 11.9 Å². The van der Waals surface area contributed by atoms with Crippen LogP contribution in [0, 0.1) is 12.7 Å². The molecule has 0 aromatic heterocycles. The van der Waals surface area contributed by atoms with Crippen LogP contribution in [0.15, 0.2) is 18.2 Å². The monoisotopic (exact) mass is 297 g/mol. The second-order valence-electron chi connectivity index (χ2n) is 4.46. The number of rotatable bonds is 6. The molecule has 7 heteroatoms. The van der Waals surface area contributed by atoms with Crippen molar-refractivity contribution in [2.75, 3.05) is 7.11 Å². The molecule has 21 heavy (non-hydrogen) atoms. The lowest BCUT2D eigenvalue weighted by Gasteiger charge is -2.14. The van der Waals surface area contributed by atoms with E-state index in [1.807, 2.05) is 0 Å². The second kappa shape index (κ2) is 7.37. The van der Waals surface area contributed by atoms with E-state index in [4.69, 9.17) is 5.11 Å². The number of carbonyl (C=O) groups is 3. The molecule has 0 spiro atoms. The van der Waals surface area contributed by atoms with Crippen molar-refractivity contribution in [3.8, 4) is 0 Å². The average molecular weight is 297 g/mol. The van der Waals surface area contributed by atoms with Crippen LogP contribution in [0.2, 0.25) is 0 Å². The summed E-state index contributed by atoms with van der Waals surface area (Å²) in [7, 11) is 1.18. The molecule has 1 unspecified atom stereocenters. The maximum Gasteiger partial charge on any atom is 0.326 e. The number of esters is 1. The van der Waals surface area contributed by atoms with Crippen molar-refractivity contribution in [2.24, 2.45) is 0 Å². The number of aryl methyl sites for hydroxylation is 1. The van der Waals surface area contributed by atoms with Gasteiger partial charge in [-0.25, -0.2) is 9.18 Å². The number of amides is 1. The van der Waals surface area contributed by atoms with E-state index in [2.05, 4.69) is 10.1 Å². The number of carbonyl (C=O) groups excluding carboxylic acids is 2. The fourth-order valence-corrected chi connectivity index (χ4v) is 1.66. The molecule has 1 aromatic carbocycles. The number of ether oxygens (including phenoxy) is 1. The number of aliphatic carboxylic acids is 1. The summed E-state index contributed by atoms with van der Waals surface area (Å²) in [4.78, 5) is 33.9. The Morgan fingerprint density at radius 2 is 2.05 bits per heavy atom. The molecular weight excluding hydrogens is 281 g/mol. The molecule has 0 saturated heterocycles. The Kier molecular flexibility index (Phi) is 5.83. The zero-order chi connectivity index (χ0) is 16.0. The lowest BCUT2D eigenvalue weighted by molar-refractivity contribution is -0.142. The summed E-state index contributed by atoms with van der Waals surface area (Å²) in [5, 5.41) is 11.2. The molecule has 6 nitrogen and oxygen atoms in total. The molecule has 114 valence electrons. The molecule has 0 heterocycles. The van der Waals surface area contributed by atoms with E-state index in [-0.39, 0.29) is 18.4 Å². The summed E-state index contributed by atoms with van der Waals surface area (Å²) in [5.74, 6) is -3.47. The van der Waals surface area contributed by atoms with Crippen molar-refractivity contribution in [1.29, 1.82) is 0 Å². The van der Waals surface area contributed by atoms with E-state index in [0.717, 1.165) is 0 Å². The molecule has 0 aliphatic carbocycles. The summed E-state index contributed by atoms with van der Waals surface area (Å²) >= 11 is 0. The number of benzene rings is 1. The van der Waals surface area contributed by atoms with Gasteiger partial charge in [0.25, 0.3) is 5.91 Å². The quantitative estimate of drug-likeness (QED) is 0.771. The van der Waals surface area contributed by atoms with Gasteiger partial charge in [-0.15, -0.1) is 0 Å². The van der Waals surface area contributed by atoms with Crippen LogP contribution in [0.25, 0.3) is 0 Å². The summed E-state index contributed by atoms with van der Waals surface area (Å²) in [6.07, 6.45) is -0.300. The van der Waals surface area contributed by atoms with Gasteiger partial charge in [0.2, 0.25) is 0 Å². The fraction of sp³-hybridized carbons (Fsp3) is 0.357. The van der Waals surface area contributed by atoms with Crippen molar-refractivity contribution >= 4 is 17.8 Å². The number of methoxy groups -OCH3 is 1. The van der Waals surface area contributed by atoms with Crippen LogP contribution < -0.4 is 5.32 Å². The minimum Gasteiger partial charge on any atom is -0.480 e. The Morgan fingerprint density at radius 3 is 2.57 bits per heavy atom. The minimum absolute atomic E-state index is 0.138. The number of hydrogen-bond donors (Lipinski definition) is 2. The predicted octanol–water partition coefficient (Wildman–Crippen LogP) is 1.27. The predicted molar refractivity (Wildman–Crippen MR) is 71.3 cm³/mol. The number of carboxylic acids is 1.